The molecule has 0 saturated carbocycles. The van der Waals surface area contributed by atoms with Crippen LogP contribution in [0, 0.1) is 6.92 Å². The van der Waals surface area contributed by atoms with Gasteiger partial charge in [0.15, 0.2) is 0 Å². The lowest BCUT2D eigenvalue weighted by atomic mass is 10.1. The first-order valence-corrected chi connectivity index (χ1v) is 6.68. The molecule has 0 fully saturated rings. The largest absolute Gasteiger partial charge is 0.326 e. The number of rotatable bonds is 5. The fourth-order valence-electron chi connectivity index (χ4n) is 1.92. The van der Waals surface area contributed by atoms with Gasteiger partial charge in [-0.2, -0.15) is 0 Å². The zero-order valence-electron chi connectivity index (χ0n) is 11.6. The third kappa shape index (κ3) is 3.90. The summed E-state index contributed by atoms with van der Waals surface area (Å²) in [4.78, 5) is 16.1. The van der Waals surface area contributed by atoms with Crippen LogP contribution in [0.2, 0.25) is 0 Å². The van der Waals surface area contributed by atoms with E-state index < -0.39 is 0 Å². The van der Waals surface area contributed by atoms with Crippen LogP contribution < -0.4 is 11.1 Å². The molecule has 4 heteroatoms. The summed E-state index contributed by atoms with van der Waals surface area (Å²) in [6.45, 7) is 2.41. The number of nitrogens with one attached hydrogen (secondary N) is 1. The van der Waals surface area contributed by atoms with Gasteiger partial charge in [-0.1, -0.05) is 35.9 Å². The number of carbonyl (C=O) groups excluding carboxylic acids is 1. The molecule has 0 radical (unpaired) electrons. The average molecular weight is 269 g/mol. The molecule has 104 valence electrons. The molecule has 0 atom stereocenters. The number of nitrogens with two attached hydrogens (primary N) is 1. The number of pyridine rings is 1. The Balaban J connectivity index is 1.91. The quantitative estimate of drug-likeness (QED) is 0.876. The Morgan fingerprint density at radius 3 is 2.70 bits per heavy atom. The molecular weight excluding hydrogens is 250 g/mol. The summed E-state index contributed by atoms with van der Waals surface area (Å²) in [5.41, 5.74) is 8.84. The Morgan fingerprint density at radius 1 is 1.25 bits per heavy atom. The number of anilines is 1. The van der Waals surface area contributed by atoms with Gasteiger partial charge in [0.05, 0.1) is 0 Å². The number of nitrogens with zero attached hydrogens (tertiary/aromatic N) is 1. The van der Waals surface area contributed by atoms with Gasteiger partial charge in [0.1, 0.15) is 5.82 Å². The van der Waals surface area contributed by atoms with Crippen molar-refractivity contribution in [2.45, 2.75) is 26.3 Å². The van der Waals surface area contributed by atoms with E-state index in [0.717, 1.165) is 17.5 Å². The van der Waals surface area contributed by atoms with E-state index in [-0.39, 0.29) is 5.91 Å². The first kappa shape index (κ1) is 14.2. The van der Waals surface area contributed by atoms with Crippen molar-refractivity contribution in [2.75, 3.05) is 5.32 Å². The number of amides is 1. The second kappa shape index (κ2) is 6.82. The minimum absolute atomic E-state index is 0.0426. The van der Waals surface area contributed by atoms with E-state index in [9.17, 15) is 4.79 Å². The van der Waals surface area contributed by atoms with Crippen molar-refractivity contribution < 1.29 is 4.79 Å². The summed E-state index contributed by atoms with van der Waals surface area (Å²) >= 11 is 0. The van der Waals surface area contributed by atoms with Crippen LogP contribution in [0.15, 0.2) is 42.6 Å². The van der Waals surface area contributed by atoms with Crippen molar-refractivity contribution in [2.24, 2.45) is 5.73 Å². The van der Waals surface area contributed by atoms with Crippen LogP contribution in [-0.2, 0) is 17.8 Å². The van der Waals surface area contributed by atoms with Gasteiger partial charge in [-0.3, -0.25) is 4.79 Å². The third-order valence-electron chi connectivity index (χ3n) is 3.13. The Labute approximate surface area is 119 Å². The van der Waals surface area contributed by atoms with E-state index in [1.807, 2.05) is 19.1 Å². The molecule has 0 aliphatic carbocycles. The number of hydrogen-bond donors (Lipinski definition) is 2. The highest BCUT2D eigenvalue weighted by Gasteiger charge is 2.07. The molecule has 0 bridgehead atoms. The molecule has 1 aromatic carbocycles. The van der Waals surface area contributed by atoms with E-state index >= 15 is 0 Å². The molecule has 0 aliphatic rings. The second-order valence-corrected chi connectivity index (χ2v) is 4.75. The van der Waals surface area contributed by atoms with E-state index in [2.05, 4.69) is 34.6 Å². The zero-order valence-corrected chi connectivity index (χ0v) is 11.6. The normalized spacial score (nSPS) is 10.3. The molecule has 3 N–H and O–H groups in total. The van der Waals surface area contributed by atoms with Crippen molar-refractivity contribution >= 4 is 11.7 Å². The Hall–Kier alpha value is -2.20. The number of carbonyl (C=O) groups is 1. The van der Waals surface area contributed by atoms with Gasteiger partial charge in [0.2, 0.25) is 5.91 Å². The Bertz CT molecular complexity index is 579. The molecule has 2 rings (SSSR count). The van der Waals surface area contributed by atoms with Crippen LogP contribution in [0.1, 0.15) is 23.1 Å². The van der Waals surface area contributed by atoms with E-state index in [1.165, 1.54) is 5.56 Å². The summed E-state index contributed by atoms with van der Waals surface area (Å²) in [7, 11) is 0. The van der Waals surface area contributed by atoms with Crippen LogP contribution in [0.5, 0.6) is 0 Å². The number of aryl methyl sites for hydroxylation is 2. The van der Waals surface area contributed by atoms with Gasteiger partial charge in [0, 0.05) is 24.7 Å². The van der Waals surface area contributed by atoms with Gasteiger partial charge >= 0.3 is 0 Å². The van der Waals surface area contributed by atoms with Crippen molar-refractivity contribution in [3.63, 3.8) is 0 Å². The lowest BCUT2D eigenvalue weighted by molar-refractivity contribution is -0.116. The van der Waals surface area contributed by atoms with Crippen LogP contribution in [0.4, 0.5) is 5.82 Å². The van der Waals surface area contributed by atoms with E-state index in [4.69, 9.17) is 5.73 Å². The smallest absolute Gasteiger partial charge is 0.225 e. The topological polar surface area (TPSA) is 68.0 Å². The predicted molar refractivity (Wildman–Crippen MR) is 80.3 cm³/mol. The number of aromatic nitrogens is 1. The maximum atomic E-state index is 11.9. The van der Waals surface area contributed by atoms with Crippen LogP contribution in [-0.4, -0.2) is 10.9 Å². The first-order chi connectivity index (χ1) is 9.69. The predicted octanol–water partition coefficient (Wildman–Crippen LogP) is 2.42. The van der Waals surface area contributed by atoms with Crippen molar-refractivity contribution in [3.8, 4) is 0 Å². The van der Waals surface area contributed by atoms with E-state index in [1.54, 1.807) is 6.20 Å². The fourth-order valence-corrected chi connectivity index (χ4v) is 1.92. The SMILES string of the molecule is Cc1ccc(CCC(=O)Nc2ncccc2CN)cc1. The monoisotopic (exact) mass is 269 g/mol. The molecule has 20 heavy (non-hydrogen) atoms. The highest BCUT2D eigenvalue weighted by Crippen LogP contribution is 2.11. The maximum absolute atomic E-state index is 11.9. The van der Waals surface area contributed by atoms with E-state index in [0.29, 0.717) is 18.8 Å². The first-order valence-electron chi connectivity index (χ1n) is 6.68. The maximum Gasteiger partial charge on any atom is 0.225 e. The number of benzene rings is 1. The minimum atomic E-state index is -0.0426. The van der Waals surface area contributed by atoms with Gasteiger partial charge in [-0.25, -0.2) is 4.98 Å². The molecule has 0 unspecified atom stereocenters. The van der Waals surface area contributed by atoms with Gasteiger partial charge in [0.25, 0.3) is 0 Å². The van der Waals surface area contributed by atoms with Crippen LogP contribution >= 0.6 is 0 Å². The van der Waals surface area contributed by atoms with Gasteiger partial charge in [-0.05, 0) is 25.0 Å². The van der Waals surface area contributed by atoms with Crippen molar-refractivity contribution in [1.82, 2.24) is 4.98 Å². The summed E-state index contributed by atoms with van der Waals surface area (Å²) in [6, 6.07) is 11.9. The summed E-state index contributed by atoms with van der Waals surface area (Å²) in [6.07, 6.45) is 2.80. The summed E-state index contributed by atoms with van der Waals surface area (Å²) in [5.74, 6) is 0.517. The standard InChI is InChI=1S/C16H19N3O/c1-12-4-6-13(7-5-12)8-9-15(20)19-16-14(11-17)3-2-10-18-16/h2-7,10H,8-9,11,17H2,1H3,(H,18,19,20). The molecule has 0 saturated heterocycles. The van der Waals surface area contributed by atoms with Crippen LogP contribution in [0.3, 0.4) is 0 Å². The molecule has 4 nitrogen and oxygen atoms in total. The average Bonchev–Trinajstić information content (AvgIpc) is 2.47. The number of hydrogen-bond acceptors (Lipinski definition) is 3. The van der Waals surface area contributed by atoms with Crippen molar-refractivity contribution in [3.05, 3.63) is 59.3 Å². The summed E-state index contributed by atoms with van der Waals surface area (Å²) < 4.78 is 0. The highest BCUT2D eigenvalue weighted by atomic mass is 16.1. The zero-order chi connectivity index (χ0) is 14.4. The lowest BCUT2D eigenvalue weighted by Crippen LogP contribution is -2.15. The summed E-state index contributed by atoms with van der Waals surface area (Å²) in [5, 5.41) is 2.81. The van der Waals surface area contributed by atoms with Crippen molar-refractivity contribution in [1.29, 1.82) is 0 Å². The van der Waals surface area contributed by atoms with Crippen LogP contribution in [0.25, 0.3) is 0 Å². The highest BCUT2D eigenvalue weighted by molar-refractivity contribution is 5.90. The molecule has 1 heterocycles. The Morgan fingerprint density at radius 2 is 2.00 bits per heavy atom. The van der Waals surface area contributed by atoms with Gasteiger partial charge in [-0.15, -0.1) is 0 Å². The molecular formula is C16H19N3O. The lowest BCUT2D eigenvalue weighted by Gasteiger charge is -2.08. The minimum Gasteiger partial charge on any atom is -0.326 e. The second-order valence-electron chi connectivity index (χ2n) is 4.75. The molecule has 1 aromatic heterocycles. The van der Waals surface area contributed by atoms with Gasteiger partial charge < -0.3 is 11.1 Å². The Kier molecular flexibility index (Phi) is 4.85. The third-order valence-corrected chi connectivity index (χ3v) is 3.13. The molecule has 0 spiro atoms. The fraction of sp³-hybridized carbons (Fsp3) is 0.250. The molecule has 0 aliphatic heterocycles. The molecule has 2 aromatic rings. The molecule has 1 amide bonds.